The van der Waals surface area contributed by atoms with Gasteiger partial charge in [-0.25, -0.2) is 4.79 Å². The Kier molecular flexibility index (Phi) is 9.35. The number of benzene rings is 2. The lowest BCUT2D eigenvalue weighted by molar-refractivity contribution is -0.165. The van der Waals surface area contributed by atoms with Gasteiger partial charge in [0.25, 0.3) is 0 Å². The molecule has 7 heteroatoms. The summed E-state index contributed by atoms with van der Waals surface area (Å²) in [6.07, 6.45) is 2.16. The number of hydrogen-bond acceptors (Lipinski definition) is 6. The highest BCUT2D eigenvalue weighted by Crippen LogP contribution is 2.30. The highest BCUT2D eigenvalue weighted by molar-refractivity contribution is 5.89. The summed E-state index contributed by atoms with van der Waals surface area (Å²) < 4.78 is 16.7. The Hall–Kier alpha value is -3.35. The zero-order chi connectivity index (χ0) is 27.2. The molecule has 3 heterocycles. The molecule has 0 saturated heterocycles. The lowest BCUT2D eigenvalue weighted by atomic mass is 9.79. The number of methoxy groups -OCH3 is 1. The molecule has 7 nitrogen and oxygen atoms in total. The van der Waals surface area contributed by atoms with Crippen LogP contribution in [0.3, 0.4) is 0 Å². The Bertz CT molecular complexity index is 1070. The number of nitrogens with one attached hydrogen (secondary N) is 1. The van der Waals surface area contributed by atoms with Gasteiger partial charge in [0.15, 0.2) is 0 Å². The molecule has 0 radical (unpaired) electrons. The lowest BCUT2D eigenvalue weighted by Crippen LogP contribution is -2.49. The Morgan fingerprint density at radius 1 is 0.946 bits per heavy atom. The van der Waals surface area contributed by atoms with Gasteiger partial charge >= 0.3 is 11.9 Å². The first kappa shape index (κ1) is 28.2. The standard InChI is InChI=1S/C30H39NO6/c1-19(2)26-24(28(33)37-30(3,4)5)9-7-8-20-10-14-22(15-11-20)36-23-16-12-21(13-17-23)18-25(29(34)35-6)31-27(26)32/h10-17,19,24-26H,7-9,18H2,1-6H3,(H,31,32)/t24-,25-,26+/m0/s1. The van der Waals surface area contributed by atoms with Crippen LogP contribution in [0.2, 0.25) is 0 Å². The van der Waals surface area contributed by atoms with E-state index in [1.807, 2.05) is 83.1 Å². The quantitative estimate of drug-likeness (QED) is 0.569. The zero-order valence-electron chi connectivity index (χ0n) is 22.7. The molecule has 3 aliphatic rings. The molecule has 37 heavy (non-hydrogen) atoms. The Balaban J connectivity index is 2.00. The third-order valence-electron chi connectivity index (χ3n) is 6.47. The monoisotopic (exact) mass is 509 g/mol. The first-order valence-electron chi connectivity index (χ1n) is 12.9. The highest BCUT2D eigenvalue weighted by atomic mass is 16.6. The minimum absolute atomic E-state index is 0.155. The van der Waals surface area contributed by atoms with Crippen molar-refractivity contribution in [3.8, 4) is 11.5 Å². The second kappa shape index (κ2) is 12.3. The van der Waals surface area contributed by atoms with Crippen LogP contribution in [-0.2, 0) is 36.7 Å². The van der Waals surface area contributed by atoms with Crippen LogP contribution in [0.25, 0.3) is 0 Å². The first-order chi connectivity index (χ1) is 17.5. The maximum atomic E-state index is 13.7. The predicted molar refractivity (Wildman–Crippen MR) is 141 cm³/mol. The molecular weight excluding hydrogens is 470 g/mol. The van der Waals surface area contributed by atoms with E-state index in [-0.39, 0.29) is 18.2 Å². The molecule has 0 spiro atoms. The molecular formula is C30H39NO6. The van der Waals surface area contributed by atoms with Crippen LogP contribution >= 0.6 is 0 Å². The summed E-state index contributed by atoms with van der Waals surface area (Å²) in [5, 5.41) is 2.88. The van der Waals surface area contributed by atoms with Crippen molar-refractivity contribution in [3.63, 3.8) is 0 Å². The van der Waals surface area contributed by atoms with Gasteiger partial charge in [0.2, 0.25) is 5.91 Å². The summed E-state index contributed by atoms with van der Waals surface area (Å²) in [5.74, 6) is -1.37. The summed E-state index contributed by atoms with van der Waals surface area (Å²) in [4.78, 5) is 39.7. The largest absolute Gasteiger partial charge is 0.467 e. The van der Waals surface area contributed by atoms with Crippen molar-refractivity contribution >= 4 is 17.8 Å². The summed E-state index contributed by atoms with van der Waals surface area (Å²) in [5.41, 5.74) is 1.27. The van der Waals surface area contributed by atoms with Crippen molar-refractivity contribution in [2.45, 2.75) is 71.9 Å². The van der Waals surface area contributed by atoms with E-state index < -0.39 is 35.4 Å². The minimum atomic E-state index is -0.893. The molecule has 200 valence electrons. The van der Waals surface area contributed by atoms with Gasteiger partial charge in [-0.2, -0.15) is 0 Å². The van der Waals surface area contributed by atoms with E-state index in [1.165, 1.54) is 7.11 Å². The fourth-order valence-corrected chi connectivity index (χ4v) is 4.69. The van der Waals surface area contributed by atoms with Crippen molar-refractivity contribution in [1.29, 1.82) is 0 Å². The maximum absolute atomic E-state index is 13.7. The molecule has 2 aromatic carbocycles. The topological polar surface area (TPSA) is 90.9 Å². The van der Waals surface area contributed by atoms with Gasteiger partial charge < -0.3 is 19.5 Å². The van der Waals surface area contributed by atoms with Crippen molar-refractivity contribution in [2.24, 2.45) is 17.8 Å². The molecule has 0 unspecified atom stereocenters. The molecule has 0 aliphatic carbocycles. The van der Waals surface area contributed by atoms with Gasteiger partial charge in [0, 0.05) is 6.42 Å². The van der Waals surface area contributed by atoms with E-state index in [2.05, 4.69) is 5.32 Å². The predicted octanol–water partition coefficient (Wildman–Crippen LogP) is 5.25. The van der Waals surface area contributed by atoms with Crippen molar-refractivity contribution in [2.75, 3.05) is 7.11 Å². The Labute approximate surface area is 219 Å². The van der Waals surface area contributed by atoms with E-state index in [1.54, 1.807) is 0 Å². The number of rotatable bonds is 3. The van der Waals surface area contributed by atoms with Crippen molar-refractivity contribution < 1.29 is 28.6 Å². The van der Waals surface area contributed by atoms with Crippen molar-refractivity contribution in [1.82, 2.24) is 5.32 Å². The van der Waals surface area contributed by atoms with E-state index in [4.69, 9.17) is 14.2 Å². The molecule has 1 amide bonds. The number of amides is 1. The van der Waals surface area contributed by atoms with Gasteiger partial charge in [0.05, 0.1) is 18.9 Å². The molecule has 0 aromatic heterocycles. The molecule has 4 bridgehead atoms. The van der Waals surface area contributed by atoms with Crippen LogP contribution in [0.1, 0.15) is 58.6 Å². The molecule has 1 N–H and O–H groups in total. The number of aryl methyl sites for hydroxylation is 1. The fraction of sp³-hybridized carbons (Fsp3) is 0.500. The van der Waals surface area contributed by atoms with Crippen molar-refractivity contribution in [3.05, 3.63) is 59.7 Å². The number of carbonyl (C=O) groups excluding carboxylic acids is 3. The number of ether oxygens (including phenoxy) is 3. The number of hydrogen-bond donors (Lipinski definition) is 1. The number of esters is 2. The van der Waals surface area contributed by atoms with Crippen LogP contribution in [0.5, 0.6) is 11.5 Å². The number of fused-ring (bicyclic) bond motifs is 2. The molecule has 0 fully saturated rings. The van der Waals surface area contributed by atoms with E-state index in [0.717, 1.165) is 23.3 Å². The van der Waals surface area contributed by atoms with Gasteiger partial charge in [-0.15, -0.1) is 0 Å². The Morgan fingerprint density at radius 3 is 2.03 bits per heavy atom. The van der Waals surface area contributed by atoms with Gasteiger partial charge in [0.1, 0.15) is 23.1 Å². The average molecular weight is 510 g/mol. The van der Waals surface area contributed by atoms with E-state index in [9.17, 15) is 14.4 Å². The third-order valence-corrected chi connectivity index (χ3v) is 6.47. The summed E-state index contributed by atoms with van der Waals surface area (Å²) in [6, 6.07) is 14.4. The van der Waals surface area contributed by atoms with Crippen LogP contribution in [-0.4, -0.2) is 36.6 Å². The smallest absolute Gasteiger partial charge is 0.328 e. The molecule has 3 atom stereocenters. The van der Waals surface area contributed by atoms with Gasteiger partial charge in [-0.1, -0.05) is 38.1 Å². The van der Waals surface area contributed by atoms with Crippen LogP contribution in [0.15, 0.2) is 48.5 Å². The maximum Gasteiger partial charge on any atom is 0.328 e. The Morgan fingerprint density at radius 2 is 1.51 bits per heavy atom. The fourth-order valence-electron chi connectivity index (χ4n) is 4.69. The zero-order valence-corrected chi connectivity index (χ0v) is 22.7. The second-order valence-corrected chi connectivity index (χ2v) is 11.0. The normalized spacial score (nSPS) is 20.9. The van der Waals surface area contributed by atoms with E-state index >= 15 is 0 Å². The van der Waals surface area contributed by atoms with E-state index in [0.29, 0.717) is 18.6 Å². The molecule has 5 rings (SSSR count). The summed E-state index contributed by atoms with van der Waals surface area (Å²) >= 11 is 0. The first-order valence-corrected chi connectivity index (χ1v) is 12.9. The summed E-state index contributed by atoms with van der Waals surface area (Å²) in [6.45, 7) is 9.28. The van der Waals surface area contributed by atoms with Gasteiger partial charge in [-0.05, 0) is 81.3 Å². The second-order valence-electron chi connectivity index (χ2n) is 11.0. The molecule has 2 aromatic rings. The lowest BCUT2D eigenvalue weighted by Gasteiger charge is -2.31. The van der Waals surface area contributed by atoms with Crippen LogP contribution < -0.4 is 10.1 Å². The average Bonchev–Trinajstić information content (AvgIpc) is 2.82. The SMILES string of the molecule is COC(=O)[C@@H]1Cc2ccc(cc2)Oc2ccc(cc2)CCC[C@H](C(=O)OC(C)(C)C)[C@@H](C(C)C)C(=O)N1. The molecule has 3 aliphatic heterocycles. The summed E-state index contributed by atoms with van der Waals surface area (Å²) in [7, 11) is 1.30. The third kappa shape index (κ3) is 8.07. The van der Waals surface area contributed by atoms with Crippen LogP contribution in [0.4, 0.5) is 0 Å². The molecule has 0 saturated carbocycles. The van der Waals surface area contributed by atoms with Crippen LogP contribution in [0, 0.1) is 17.8 Å². The number of carbonyl (C=O) groups is 3. The highest BCUT2D eigenvalue weighted by Gasteiger charge is 2.39. The minimum Gasteiger partial charge on any atom is -0.467 e. The van der Waals surface area contributed by atoms with Gasteiger partial charge in [-0.3, -0.25) is 9.59 Å².